The SMILES string of the molecule is CC1CN(CC2CCN(C(=O)c3ccn(C4CCCNC4)n3)CC2)CC(C)O1.Cl. The molecule has 7 nitrogen and oxygen atoms in total. The van der Waals surface area contributed by atoms with Crippen molar-refractivity contribution in [2.45, 2.75) is 57.8 Å². The van der Waals surface area contributed by atoms with Crippen LogP contribution in [0.25, 0.3) is 0 Å². The molecule has 164 valence electrons. The molecule has 0 radical (unpaired) electrons. The zero-order valence-electron chi connectivity index (χ0n) is 17.8. The average molecular weight is 426 g/mol. The van der Waals surface area contributed by atoms with Crippen LogP contribution in [0, 0.1) is 5.92 Å². The molecule has 3 unspecified atom stereocenters. The summed E-state index contributed by atoms with van der Waals surface area (Å²) in [6, 6.07) is 2.26. The van der Waals surface area contributed by atoms with Crippen molar-refractivity contribution in [3.05, 3.63) is 18.0 Å². The summed E-state index contributed by atoms with van der Waals surface area (Å²) < 4.78 is 7.82. The van der Waals surface area contributed by atoms with E-state index in [1.54, 1.807) is 0 Å². The van der Waals surface area contributed by atoms with Crippen LogP contribution in [0.3, 0.4) is 0 Å². The van der Waals surface area contributed by atoms with Crippen molar-refractivity contribution in [3.63, 3.8) is 0 Å². The number of amides is 1. The first-order chi connectivity index (χ1) is 13.6. The smallest absolute Gasteiger partial charge is 0.274 e. The summed E-state index contributed by atoms with van der Waals surface area (Å²) in [6.45, 7) is 11.2. The second kappa shape index (κ2) is 10.2. The van der Waals surface area contributed by atoms with Gasteiger partial charge in [0, 0.05) is 45.5 Å². The molecule has 3 aliphatic rings. The lowest BCUT2D eigenvalue weighted by Crippen LogP contribution is -2.48. The van der Waals surface area contributed by atoms with Crippen LogP contribution >= 0.6 is 12.4 Å². The van der Waals surface area contributed by atoms with E-state index in [1.165, 1.54) is 6.42 Å². The summed E-state index contributed by atoms with van der Waals surface area (Å²) in [5.41, 5.74) is 0.597. The van der Waals surface area contributed by atoms with Crippen molar-refractivity contribution in [1.29, 1.82) is 0 Å². The second-order valence-electron chi connectivity index (χ2n) is 8.89. The molecule has 8 heteroatoms. The van der Waals surface area contributed by atoms with Crippen molar-refractivity contribution in [2.75, 3.05) is 45.8 Å². The number of nitrogens with one attached hydrogen (secondary N) is 1. The Labute approximate surface area is 180 Å². The summed E-state index contributed by atoms with van der Waals surface area (Å²) in [5, 5.41) is 8.01. The van der Waals surface area contributed by atoms with Gasteiger partial charge >= 0.3 is 0 Å². The number of aromatic nitrogens is 2. The molecule has 1 N–H and O–H groups in total. The first-order valence-corrected chi connectivity index (χ1v) is 11.0. The Balaban J connectivity index is 0.00000240. The zero-order chi connectivity index (χ0) is 19.5. The number of hydrogen-bond acceptors (Lipinski definition) is 5. The maximum Gasteiger partial charge on any atom is 0.274 e. The van der Waals surface area contributed by atoms with Gasteiger partial charge in [-0.05, 0) is 58.1 Å². The van der Waals surface area contributed by atoms with Gasteiger partial charge in [0.15, 0.2) is 0 Å². The van der Waals surface area contributed by atoms with E-state index in [0.29, 0.717) is 29.9 Å². The molecule has 1 aromatic rings. The van der Waals surface area contributed by atoms with Crippen LogP contribution in [-0.2, 0) is 4.74 Å². The lowest BCUT2D eigenvalue weighted by Gasteiger charge is -2.39. The van der Waals surface area contributed by atoms with Gasteiger partial charge in [-0.25, -0.2) is 0 Å². The quantitative estimate of drug-likeness (QED) is 0.801. The number of piperidine rings is 2. The van der Waals surface area contributed by atoms with E-state index < -0.39 is 0 Å². The van der Waals surface area contributed by atoms with Crippen LogP contribution in [0.1, 0.15) is 56.1 Å². The molecule has 3 saturated heterocycles. The fourth-order valence-electron chi connectivity index (χ4n) is 4.99. The largest absolute Gasteiger partial charge is 0.373 e. The highest BCUT2D eigenvalue weighted by atomic mass is 35.5. The molecule has 3 atom stereocenters. The Bertz CT molecular complexity index is 645. The fourth-order valence-corrected chi connectivity index (χ4v) is 4.99. The number of halogens is 1. The number of carbonyl (C=O) groups excluding carboxylic acids is 1. The number of nitrogens with zero attached hydrogens (tertiary/aromatic N) is 4. The number of morpholine rings is 1. The van der Waals surface area contributed by atoms with Gasteiger partial charge in [0.2, 0.25) is 0 Å². The van der Waals surface area contributed by atoms with Gasteiger partial charge in [0.05, 0.1) is 18.2 Å². The van der Waals surface area contributed by atoms with E-state index in [0.717, 1.165) is 65.1 Å². The molecule has 1 aromatic heterocycles. The standard InChI is InChI=1S/C21H35N5O2.ClH/c1-16-13-24(14-17(2)28-16)15-18-5-9-25(10-6-18)21(27)20-7-11-26(23-20)19-4-3-8-22-12-19;/h7,11,16-19,22H,3-6,8-10,12-15H2,1-2H3;1H. The summed E-state index contributed by atoms with van der Waals surface area (Å²) in [4.78, 5) is 17.4. The third-order valence-electron chi connectivity index (χ3n) is 6.39. The van der Waals surface area contributed by atoms with E-state index in [1.807, 2.05) is 21.8 Å². The summed E-state index contributed by atoms with van der Waals surface area (Å²) in [5.74, 6) is 0.766. The summed E-state index contributed by atoms with van der Waals surface area (Å²) >= 11 is 0. The highest BCUT2D eigenvalue weighted by Crippen LogP contribution is 2.22. The Kier molecular flexibility index (Phi) is 7.96. The van der Waals surface area contributed by atoms with E-state index in [-0.39, 0.29) is 18.3 Å². The predicted octanol–water partition coefficient (Wildman–Crippen LogP) is 2.19. The minimum atomic E-state index is 0. The van der Waals surface area contributed by atoms with Gasteiger partial charge in [-0.1, -0.05) is 0 Å². The van der Waals surface area contributed by atoms with E-state index >= 15 is 0 Å². The van der Waals surface area contributed by atoms with Crippen LogP contribution in [0.4, 0.5) is 0 Å². The van der Waals surface area contributed by atoms with E-state index in [9.17, 15) is 4.79 Å². The highest BCUT2D eigenvalue weighted by molar-refractivity contribution is 5.92. The maximum atomic E-state index is 12.9. The van der Waals surface area contributed by atoms with Crippen molar-refractivity contribution < 1.29 is 9.53 Å². The molecule has 0 aromatic carbocycles. The van der Waals surface area contributed by atoms with Crippen molar-refractivity contribution in [1.82, 2.24) is 24.9 Å². The number of hydrogen-bond donors (Lipinski definition) is 1. The topological polar surface area (TPSA) is 62.6 Å². The molecule has 0 aliphatic carbocycles. The van der Waals surface area contributed by atoms with Crippen LogP contribution in [0.5, 0.6) is 0 Å². The van der Waals surface area contributed by atoms with Gasteiger partial charge in [0.25, 0.3) is 5.91 Å². The maximum absolute atomic E-state index is 12.9. The average Bonchev–Trinajstić information content (AvgIpc) is 3.18. The van der Waals surface area contributed by atoms with Gasteiger partial charge < -0.3 is 15.0 Å². The van der Waals surface area contributed by atoms with Gasteiger partial charge in [-0.2, -0.15) is 5.10 Å². The van der Waals surface area contributed by atoms with Crippen LogP contribution < -0.4 is 5.32 Å². The van der Waals surface area contributed by atoms with Crippen LogP contribution in [0.15, 0.2) is 12.3 Å². The molecule has 4 rings (SSSR count). The third kappa shape index (κ3) is 5.72. The monoisotopic (exact) mass is 425 g/mol. The normalized spacial score (nSPS) is 29.4. The van der Waals surface area contributed by atoms with E-state index in [2.05, 4.69) is 29.2 Å². The molecular formula is C21H36ClN5O2. The Hall–Kier alpha value is -1.15. The van der Waals surface area contributed by atoms with E-state index in [4.69, 9.17) is 4.74 Å². The minimum Gasteiger partial charge on any atom is -0.373 e. The lowest BCUT2D eigenvalue weighted by molar-refractivity contribution is -0.0728. The first-order valence-electron chi connectivity index (χ1n) is 11.0. The van der Waals surface area contributed by atoms with Crippen molar-refractivity contribution in [3.8, 4) is 0 Å². The van der Waals surface area contributed by atoms with Crippen molar-refractivity contribution in [2.24, 2.45) is 5.92 Å². The van der Waals surface area contributed by atoms with Gasteiger partial charge in [0.1, 0.15) is 5.69 Å². The third-order valence-corrected chi connectivity index (χ3v) is 6.39. The summed E-state index contributed by atoms with van der Waals surface area (Å²) in [7, 11) is 0. The Morgan fingerprint density at radius 1 is 1.21 bits per heavy atom. The van der Waals surface area contributed by atoms with Crippen LogP contribution in [0.2, 0.25) is 0 Å². The summed E-state index contributed by atoms with van der Waals surface area (Å²) in [6.07, 6.45) is 7.07. The lowest BCUT2D eigenvalue weighted by atomic mass is 9.95. The second-order valence-corrected chi connectivity index (χ2v) is 8.89. The Morgan fingerprint density at radius 3 is 2.59 bits per heavy atom. The van der Waals surface area contributed by atoms with Gasteiger partial charge in [-0.15, -0.1) is 12.4 Å². The molecule has 0 bridgehead atoms. The Morgan fingerprint density at radius 2 is 1.93 bits per heavy atom. The van der Waals surface area contributed by atoms with Gasteiger partial charge in [-0.3, -0.25) is 14.4 Å². The molecule has 3 fully saturated rings. The van der Waals surface area contributed by atoms with Crippen LogP contribution in [-0.4, -0.2) is 83.5 Å². The molecule has 0 saturated carbocycles. The zero-order valence-corrected chi connectivity index (χ0v) is 18.6. The van der Waals surface area contributed by atoms with Crippen molar-refractivity contribution >= 4 is 18.3 Å². The number of ether oxygens (including phenoxy) is 1. The number of likely N-dealkylation sites (tertiary alicyclic amines) is 1. The molecule has 0 spiro atoms. The molecule has 1 amide bonds. The minimum absolute atomic E-state index is 0. The fraction of sp³-hybridized carbons (Fsp3) is 0.810. The predicted molar refractivity (Wildman–Crippen MR) is 116 cm³/mol. The molecule has 4 heterocycles. The highest BCUT2D eigenvalue weighted by Gasteiger charge is 2.29. The first kappa shape index (κ1) is 22.5. The molecular weight excluding hydrogens is 390 g/mol. The molecule has 3 aliphatic heterocycles. The number of rotatable bonds is 4. The molecule has 29 heavy (non-hydrogen) atoms. The number of carbonyl (C=O) groups is 1.